The second-order valence-corrected chi connectivity index (χ2v) is 7.86. The highest BCUT2D eigenvalue weighted by atomic mass is 14.9. The van der Waals surface area contributed by atoms with Crippen molar-refractivity contribution < 1.29 is 0 Å². The molecule has 1 saturated carbocycles. The number of hydrogen-bond acceptors (Lipinski definition) is 2. The minimum atomic E-state index is 0.356. The molecule has 0 amide bonds. The van der Waals surface area contributed by atoms with E-state index in [9.17, 15) is 5.26 Å². The Hall–Kier alpha value is -1.49. The average molecular weight is 270 g/mol. The Labute approximate surface area is 123 Å². The molecule has 1 aromatic rings. The van der Waals surface area contributed by atoms with Gasteiger partial charge in [-0.3, -0.25) is 0 Å². The molecule has 1 fully saturated rings. The topological polar surface area (TPSA) is 35.8 Å². The summed E-state index contributed by atoms with van der Waals surface area (Å²) < 4.78 is 0. The molecular weight excluding hydrogens is 244 g/mol. The molecule has 0 bridgehead atoms. The van der Waals surface area contributed by atoms with Gasteiger partial charge in [-0.1, -0.05) is 39.8 Å². The lowest BCUT2D eigenvalue weighted by Crippen LogP contribution is -2.40. The summed E-state index contributed by atoms with van der Waals surface area (Å²) in [7, 11) is 0. The summed E-state index contributed by atoms with van der Waals surface area (Å²) in [6.07, 6.45) is 3.59. The summed E-state index contributed by atoms with van der Waals surface area (Å²) in [4.78, 5) is 0. The molecule has 0 aliphatic heterocycles. The van der Waals surface area contributed by atoms with E-state index < -0.39 is 0 Å². The summed E-state index contributed by atoms with van der Waals surface area (Å²) in [6.45, 7) is 11.5. The van der Waals surface area contributed by atoms with Crippen LogP contribution in [0.3, 0.4) is 0 Å². The number of nitrogens with one attached hydrogen (secondary N) is 1. The molecule has 108 valence electrons. The number of anilines is 1. The van der Waals surface area contributed by atoms with Crippen LogP contribution in [0.25, 0.3) is 0 Å². The summed E-state index contributed by atoms with van der Waals surface area (Å²) in [5.41, 5.74) is 3.65. The molecule has 2 heteroatoms. The highest BCUT2D eigenvalue weighted by Gasteiger charge is 2.38. The number of aryl methyl sites for hydroxylation is 1. The van der Waals surface area contributed by atoms with E-state index in [1.807, 2.05) is 12.1 Å². The third kappa shape index (κ3) is 3.33. The molecule has 0 atom stereocenters. The molecule has 0 aromatic heterocycles. The van der Waals surface area contributed by atoms with Crippen LogP contribution in [0.4, 0.5) is 5.69 Å². The van der Waals surface area contributed by atoms with Gasteiger partial charge in [0.2, 0.25) is 0 Å². The first-order valence-electron chi connectivity index (χ1n) is 7.49. The predicted octanol–water partition coefficient (Wildman–Crippen LogP) is 4.88. The summed E-state index contributed by atoms with van der Waals surface area (Å²) >= 11 is 0. The van der Waals surface area contributed by atoms with Crippen LogP contribution in [-0.4, -0.2) is 6.04 Å². The van der Waals surface area contributed by atoms with E-state index in [1.165, 1.54) is 6.42 Å². The molecule has 2 rings (SSSR count). The monoisotopic (exact) mass is 270 g/mol. The predicted molar refractivity (Wildman–Crippen MR) is 84.7 cm³/mol. The molecule has 20 heavy (non-hydrogen) atoms. The van der Waals surface area contributed by atoms with Gasteiger partial charge in [0.25, 0.3) is 0 Å². The van der Waals surface area contributed by atoms with E-state index in [1.54, 1.807) is 0 Å². The number of nitriles is 1. The number of benzene rings is 1. The fourth-order valence-electron chi connectivity index (χ4n) is 4.10. The molecule has 0 unspecified atom stereocenters. The van der Waals surface area contributed by atoms with Gasteiger partial charge in [0, 0.05) is 6.04 Å². The summed E-state index contributed by atoms with van der Waals surface area (Å²) in [5, 5.41) is 12.9. The van der Waals surface area contributed by atoms with E-state index in [0.29, 0.717) is 16.9 Å². The van der Waals surface area contributed by atoms with Crippen LogP contribution in [-0.2, 0) is 0 Å². The molecule has 1 aliphatic rings. The fraction of sp³-hybridized carbons (Fsp3) is 0.611. The summed E-state index contributed by atoms with van der Waals surface area (Å²) in [5.74, 6) is 0. The third-order valence-corrected chi connectivity index (χ3v) is 4.30. The second-order valence-electron chi connectivity index (χ2n) is 7.86. The first kappa shape index (κ1) is 14.9. The van der Waals surface area contributed by atoms with E-state index in [-0.39, 0.29) is 0 Å². The standard InChI is InChI=1S/C18H26N2/c1-13-7-6-8-14(11-19)16(13)20-15-9-17(2,3)12-18(4,5)10-15/h6-8,15,20H,9-10,12H2,1-5H3. The van der Waals surface area contributed by atoms with Crippen LogP contribution in [0.2, 0.25) is 0 Å². The lowest BCUT2D eigenvalue weighted by molar-refractivity contribution is 0.105. The smallest absolute Gasteiger partial charge is 0.101 e. The quantitative estimate of drug-likeness (QED) is 0.831. The second kappa shape index (κ2) is 5.13. The van der Waals surface area contributed by atoms with Crippen LogP contribution in [0.1, 0.15) is 58.1 Å². The number of para-hydroxylation sites is 1. The molecular formula is C18H26N2. The van der Waals surface area contributed by atoms with E-state index >= 15 is 0 Å². The van der Waals surface area contributed by atoms with Crippen molar-refractivity contribution in [2.45, 2.75) is 59.9 Å². The van der Waals surface area contributed by atoms with Crippen molar-refractivity contribution in [3.05, 3.63) is 29.3 Å². The average Bonchev–Trinajstić information content (AvgIpc) is 2.27. The van der Waals surface area contributed by atoms with Crippen molar-refractivity contribution in [3.8, 4) is 6.07 Å². The minimum absolute atomic E-state index is 0.356. The lowest BCUT2D eigenvalue weighted by atomic mass is 9.63. The van der Waals surface area contributed by atoms with Crippen LogP contribution >= 0.6 is 0 Å². The molecule has 1 aliphatic carbocycles. The molecule has 0 heterocycles. The van der Waals surface area contributed by atoms with Gasteiger partial charge in [0.1, 0.15) is 6.07 Å². The highest BCUT2D eigenvalue weighted by Crippen LogP contribution is 2.46. The Morgan fingerprint density at radius 1 is 1.15 bits per heavy atom. The molecule has 1 N–H and O–H groups in total. The molecule has 1 aromatic carbocycles. The maximum atomic E-state index is 9.29. The van der Waals surface area contributed by atoms with Crippen molar-refractivity contribution in [3.63, 3.8) is 0 Å². The van der Waals surface area contributed by atoms with Gasteiger partial charge < -0.3 is 5.32 Å². The van der Waals surface area contributed by atoms with E-state index in [0.717, 1.165) is 29.7 Å². The van der Waals surface area contributed by atoms with Gasteiger partial charge in [-0.2, -0.15) is 5.26 Å². The number of hydrogen-bond donors (Lipinski definition) is 1. The van der Waals surface area contributed by atoms with Crippen LogP contribution in [0, 0.1) is 29.1 Å². The normalized spacial score (nSPS) is 21.2. The first-order chi connectivity index (χ1) is 9.22. The van der Waals surface area contributed by atoms with Crippen molar-refractivity contribution in [1.82, 2.24) is 0 Å². The van der Waals surface area contributed by atoms with Crippen molar-refractivity contribution in [1.29, 1.82) is 5.26 Å². The maximum absolute atomic E-state index is 9.29. The Morgan fingerprint density at radius 2 is 1.75 bits per heavy atom. The van der Waals surface area contributed by atoms with E-state index in [2.05, 4.69) is 52.1 Å². The van der Waals surface area contributed by atoms with Gasteiger partial charge in [-0.05, 0) is 48.6 Å². The third-order valence-electron chi connectivity index (χ3n) is 4.30. The Morgan fingerprint density at radius 3 is 2.30 bits per heavy atom. The molecule has 0 radical (unpaired) electrons. The van der Waals surface area contributed by atoms with E-state index in [4.69, 9.17) is 0 Å². The zero-order valence-corrected chi connectivity index (χ0v) is 13.4. The van der Waals surface area contributed by atoms with Gasteiger partial charge in [0.15, 0.2) is 0 Å². The van der Waals surface area contributed by atoms with Crippen LogP contribution in [0.15, 0.2) is 18.2 Å². The van der Waals surface area contributed by atoms with Crippen LogP contribution in [0.5, 0.6) is 0 Å². The number of nitrogens with zero attached hydrogens (tertiary/aromatic N) is 1. The maximum Gasteiger partial charge on any atom is 0.101 e. The minimum Gasteiger partial charge on any atom is -0.381 e. The molecule has 0 saturated heterocycles. The molecule has 2 nitrogen and oxygen atoms in total. The van der Waals surface area contributed by atoms with Crippen molar-refractivity contribution in [2.24, 2.45) is 10.8 Å². The molecule has 0 spiro atoms. The summed E-state index contributed by atoms with van der Waals surface area (Å²) in [6, 6.07) is 8.67. The lowest BCUT2D eigenvalue weighted by Gasteiger charge is -2.45. The van der Waals surface area contributed by atoms with Gasteiger partial charge in [-0.25, -0.2) is 0 Å². The SMILES string of the molecule is Cc1cccc(C#N)c1NC1CC(C)(C)CC(C)(C)C1. The first-order valence-corrected chi connectivity index (χ1v) is 7.49. The number of rotatable bonds is 2. The Bertz CT molecular complexity index is 519. The van der Waals surface area contributed by atoms with Crippen LogP contribution < -0.4 is 5.32 Å². The van der Waals surface area contributed by atoms with Gasteiger partial charge >= 0.3 is 0 Å². The highest BCUT2D eigenvalue weighted by molar-refractivity contribution is 5.62. The van der Waals surface area contributed by atoms with Crippen molar-refractivity contribution >= 4 is 5.69 Å². The Balaban J connectivity index is 2.24. The Kier molecular flexibility index (Phi) is 3.82. The zero-order valence-electron chi connectivity index (χ0n) is 13.4. The van der Waals surface area contributed by atoms with Gasteiger partial charge in [0.05, 0.1) is 11.3 Å². The largest absolute Gasteiger partial charge is 0.381 e. The fourth-order valence-corrected chi connectivity index (χ4v) is 4.10. The van der Waals surface area contributed by atoms with Gasteiger partial charge in [-0.15, -0.1) is 0 Å². The van der Waals surface area contributed by atoms with Crippen molar-refractivity contribution in [2.75, 3.05) is 5.32 Å². The zero-order chi connectivity index (χ0) is 15.0.